The van der Waals surface area contributed by atoms with Gasteiger partial charge in [-0.2, -0.15) is 0 Å². The summed E-state index contributed by atoms with van der Waals surface area (Å²) < 4.78 is 0. The SMILES string of the molecule is CC(C)(O)[C@H](O)CC[C@]1(C)C2C[C@@H]3C1[C@@H]3C2. The van der Waals surface area contributed by atoms with Gasteiger partial charge in [-0.25, -0.2) is 0 Å². The van der Waals surface area contributed by atoms with Gasteiger partial charge in [-0.15, -0.1) is 0 Å². The second-order valence-corrected chi connectivity index (χ2v) is 7.24. The molecule has 0 amide bonds. The Morgan fingerprint density at radius 2 is 1.88 bits per heavy atom. The standard InChI is InChI=1S/C14H24O2/c1-13(2,16)11(15)4-5-14(3)8-6-9-10(7-8)12(9)14/h8-12,15-16H,4-7H2,1-3H3/t8?,9-,10+,11-,12?,14-/m1/s1. The molecule has 0 radical (unpaired) electrons. The van der Waals surface area contributed by atoms with Gasteiger partial charge in [0.1, 0.15) is 0 Å². The van der Waals surface area contributed by atoms with E-state index in [-0.39, 0.29) is 0 Å². The first-order valence-electron chi connectivity index (χ1n) is 6.74. The van der Waals surface area contributed by atoms with Crippen LogP contribution in [-0.4, -0.2) is 21.9 Å². The Bertz CT molecular complexity index is 290. The van der Waals surface area contributed by atoms with E-state index in [0.717, 1.165) is 36.5 Å². The fraction of sp³-hybridized carbons (Fsp3) is 1.00. The Labute approximate surface area is 98.1 Å². The molecule has 92 valence electrons. The van der Waals surface area contributed by atoms with E-state index in [1.807, 2.05) is 0 Å². The van der Waals surface area contributed by atoms with E-state index in [0.29, 0.717) is 5.41 Å². The van der Waals surface area contributed by atoms with Crippen molar-refractivity contribution in [1.82, 2.24) is 0 Å². The van der Waals surface area contributed by atoms with E-state index in [4.69, 9.17) is 0 Å². The van der Waals surface area contributed by atoms with Crippen LogP contribution in [0.3, 0.4) is 0 Å². The molecule has 4 fully saturated rings. The molecule has 2 unspecified atom stereocenters. The Morgan fingerprint density at radius 3 is 2.25 bits per heavy atom. The van der Waals surface area contributed by atoms with Crippen molar-refractivity contribution < 1.29 is 10.2 Å². The molecule has 0 aromatic heterocycles. The summed E-state index contributed by atoms with van der Waals surface area (Å²) >= 11 is 0. The molecule has 4 aliphatic carbocycles. The monoisotopic (exact) mass is 224 g/mol. The molecular weight excluding hydrogens is 200 g/mol. The molecule has 2 nitrogen and oxygen atoms in total. The zero-order chi connectivity index (χ0) is 11.7. The lowest BCUT2D eigenvalue weighted by Crippen LogP contribution is -2.37. The minimum absolute atomic E-state index is 0.488. The molecule has 2 heteroatoms. The summed E-state index contributed by atoms with van der Waals surface area (Å²) in [4.78, 5) is 0. The highest BCUT2D eigenvalue weighted by molar-refractivity contribution is 5.21. The van der Waals surface area contributed by atoms with Crippen LogP contribution in [0.2, 0.25) is 0 Å². The highest BCUT2D eigenvalue weighted by Crippen LogP contribution is 2.79. The number of rotatable bonds is 4. The lowest BCUT2D eigenvalue weighted by atomic mass is 9.75. The fourth-order valence-corrected chi connectivity index (χ4v) is 4.80. The molecule has 4 aliphatic rings. The quantitative estimate of drug-likeness (QED) is 0.768. The van der Waals surface area contributed by atoms with Crippen molar-refractivity contribution >= 4 is 0 Å². The molecule has 4 saturated carbocycles. The zero-order valence-electron chi connectivity index (χ0n) is 10.6. The molecule has 0 aliphatic heterocycles. The van der Waals surface area contributed by atoms with Gasteiger partial charge in [0.25, 0.3) is 0 Å². The van der Waals surface area contributed by atoms with Gasteiger partial charge in [-0.05, 0) is 68.6 Å². The van der Waals surface area contributed by atoms with Gasteiger partial charge in [0.05, 0.1) is 11.7 Å². The average Bonchev–Trinajstić information content (AvgIpc) is 2.54. The van der Waals surface area contributed by atoms with Crippen LogP contribution < -0.4 is 0 Å². The average molecular weight is 224 g/mol. The van der Waals surface area contributed by atoms with Crippen LogP contribution in [-0.2, 0) is 0 Å². The van der Waals surface area contributed by atoms with Crippen LogP contribution in [0, 0.1) is 29.1 Å². The fourth-order valence-electron chi connectivity index (χ4n) is 4.80. The van der Waals surface area contributed by atoms with Crippen LogP contribution >= 0.6 is 0 Å². The topological polar surface area (TPSA) is 40.5 Å². The van der Waals surface area contributed by atoms with E-state index in [2.05, 4.69) is 6.92 Å². The third kappa shape index (κ3) is 1.32. The second kappa shape index (κ2) is 3.02. The largest absolute Gasteiger partial charge is 0.390 e. The predicted octanol–water partition coefficient (Wildman–Crippen LogP) is 2.19. The van der Waals surface area contributed by atoms with Crippen LogP contribution in [0.15, 0.2) is 0 Å². The summed E-state index contributed by atoms with van der Waals surface area (Å²) in [5.41, 5.74) is -0.456. The van der Waals surface area contributed by atoms with E-state index < -0.39 is 11.7 Å². The van der Waals surface area contributed by atoms with Gasteiger partial charge in [0.2, 0.25) is 0 Å². The molecule has 0 saturated heterocycles. The number of aliphatic hydroxyl groups is 2. The van der Waals surface area contributed by atoms with Crippen molar-refractivity contribution in [1.29, 1.82) is 0 Å². The molecule has 16 heavy (non-hydrogen) atoms. The first-order valence-corrected chi connectivity index (χ1v) is 6.74. The number of hydrogen-bond donors (Lipinski definition) is 2. The molecule has 4 bridgehead atoms. The van der Waals surface area contributed by atoms with Gasteiger partial charge in [-0.1, -0.05) is 6.92 Å². The summed E-state index contributed by atoms with van der Waals surface area (Å²) in [6, 6.07) is 0. The van der Waals surface area contributed by atoms with Crippen molar-refractivity contribution in [2.24, 2.45) is 29.1 Å². The summed E-state index contributed by atoms with van der Waals surface area (Å²) in [5, 5.41) is 19.7. The third-order valence-corrected chi connectivity index (χ3v) is 5.91. The van der Waals surface area contributed by atoms with Gasteiger partial charge in [0, 0.05) is 0 Å². The summed E-state index contributed by atoms with van der Waals surface area (Å²) in [6.45, 7) is 5.83. The molecule has 4 rings (SSSR count). The van der Waals surface area contributed by atoms with E-state index in [1.54, 1.807) is 13.8 Å². The maximum atomic E-state index is 9.91. The Kier molecular flexibility index (Phi) is 2.09. The van der Waals surface area contributed by atoms with Crippen LogP contribution in [0.4, 0.5) is 0 Å². The smallest absolute Gasteiger partial charge is 0.0849 e. The molecule has 2 N–H and O–H groups in total. The highest BCUT2D eigenvalue weighted by Gasteiger charge is 2.73. The van der Waals surface area contributed by atoms with Gasteiger partial charge < -0.3 is 10.2 Å². The predicted molar refractivity (Wildman–Crippen MR) is 62.8 cm³/mol. The Balaban J connectivity index is 1.60. The number of aliphatic hydroxyl groups excluding tert-OH is 1. The zero-order valence-corrected chi connectivity index (χ0v) is 10.6. The molecule has 0 spiro atoms. The minimum atomic E-state index is -0.944. The van der Waals surface area contributed by atoms with E-state index >= 15 is 0 Å². The van der Waals surface area contributed by atoms with Gasteiger partial charge in [-0.3, -0.25) is 0 Å². The van der Waals surface area contributed by atoms with Crippen molar-refractivity contribution in [3.8, 4) is 0 Å². The summed E-state index contributed by atoms with van der Waals surface area (Å²) in [6.07, 6.45) is 4.18. The lowest BCUT2D eigenvalue weighted by Gasteiger charge is -2.32. The van der Waals surface area contributed by atoms with E-state index in [9.17, 15) is 10.2 Å². The van der Waals surface area contributed by atoms with Gasteiger partial charge in [0.15, 0.2) is 0 Å². The third-order valence-electron chi connectivity index (χ3n) is 5.91. The molecule has 0 aromatic rings. The highest BCUT2D eigenvalue weighted by atomic mass is 16.3. The first-order chi connectivity index (χ1) is 7.34. The first kappa shape index (κ1) is 11.0. The second-order valence-electron chi connectivity index (χ2n) is 7.24. The lowest BCUT2D eigenvalue weighted by molar-refractivity contribution is -0.0574. The molecule has 6 atom stereocenters. The maximum Gasteiger partial charge on any atom is 0.0849 e. The Morgan fingerprint density at radius 1 is 1.31 bits per heavy atom. The Hall–Kier alpha value is -0.0800. The van der Waals surface area contributed by atoms with Crippen LogP contribution in [0.1, 0.15) is 46.5 Å². The molecular formula is C14H24O2. The number of hydrogen-bond acceptors (Lipinski definition) is 2. The van der Waals surface area contributed by atoms with Crippen LogP contribution in [0.25, 0.3) is 0 Å². The maximum absolute atomic E-state index is 9.91. The van der Waals surface area contributed by atoms with Crippen LogP contribution in [0.5, 0.6) is 0 Å². The molecule has 0 heterocycles. The summed E-state index contributed by atoms with van der Waals surface area (Å²) in [5.74, 6) is 3.96. The normalized spacial score (nSPS) is 50.8. The molecule has 0 aromatic carbocycles. The van der Waals surface area contributed by atoms with Crippen molar-refractivity contribution in [2.75, 3.05) is 0 Å². The van der Waals surface area contributed by atoms with Gasteiger partial charge >= 0.3 is 0 Å². The van der Waals surface area contributed by atoms with Crippen molar-refractivity contribution in [3.05, 3.63) is 0 Å². The minimum Gasteiger partial charge on any atom is -0.390 e. The van der Waals surface area contributed by atoms with Crippen molar-refractivity contribution in [3.63, 3.8) is 0 Å². The van der Waals surface area contributed by atoms with E-state index in [1.165, 1.54) is 12.8 Å². The summed E-state index contributed by atoms with van der Waals surface area (Å²) in [7, 11) is 0. The van der Waals surface area contributed by atoms with Crippen molar-refractivity contribution in [2.45, 2.75) is 58.2 Å².